The lowest BCUT2D eigenvalue weighted by Crippen LogP contribution is -2.05. The molecule has 0 unspecified atom stereocenters. The van der Waals surface area contributed by atoms with Gasteiger partial charge in [-0.25, -0.2) is 0 Å². The van der Waals surface area contributed by atoms with Crippen LogP contribution in [0.4, 0.5) is 0 Å². The maximum atomic E-state index is 10.2. The van der Waals surface area contributed by atoms with Crippen LogP contribution in [0.15, 0.2) is 6.07 Å². The molecule has 0 aromatic heterocycles. The molecule has 0 aliphatic heterocycles. The quantitative estimate of drug-likeness (QED) is 0.827. The minimum absolute atomic E-state index is 0.518. The van der Waals surface area contributed by atoms with E-state index in [1.165, 1.54) is 0 Å². The lowest BCUT2D eigenvalue weighted by Gasteiger charge is -2.19. The van der Waals surface area contributed by atoms with Gasteiger partial charge in [-0.15, -0.1) is 0 Å². The summed E-state index contributed by atoms with van der Waals surface area (Å²) in [5.74, 6) is 1.19. The van der Waals surface area contributed by atoms with Crippen molar-refractivity contribution in [1.29, 1.82) is 0 Å². The van der Waals surface area contributed by atoms with E-state index in [0.717, 1.165) is 36.8 Å². The van der Waals surface area contributed by atoms with E-state index >= 15 is 0 Å². The lowest BCUT2D eigenvalue weighted by molar-refractivity contribution is 0.161. The van der Waals surface area contributed by atoms with E-state index in [-0.39, 0.29) is 0 Å². The third-order valence-corrected chi connectivity index (χ3v) is 3.59. The fourth-order valence-corrected chi connectivity index (χ4v) is 2.71. The number of benzene rings is 1. The summed E-state index contributed by atoms with van der Waals surface area (Å²) in [5.41, 5.74) is 1.80. The molecule has 4 heteroatoms. The zero-order valence-corrected chi connectivity index (χ0v) is 10.9. The Hall–Kier alpha value is -0.930. The van der Waals surface area contributed by atoms with Gasteiger partial charge in [0.25, 0.3) is 0 Å². The average Bonchev–Trinajstić information content (AvgIpc) is 2.52. The van der Waals surface area contributed by atoms with Crippen molar-refractivity contribution in [3.8, 4) is 11.5 Å². The lowest BCUT2D eigenvalue weighted by atomic mass is 9.99. The number of rotatable bonds is 2. The van der Waals surface area contributed by atoms with Crippen LogP contribution in [0.1, 0.15) is 36.5 Å². The van der Waals surface area contributed by atoms with Gasteiger partial charge >= 0.3 is 0 Å². The molecule has 1 aromatic carbocycles. The number of ether oxygens (including phenoxy) is 2. The Morgan fingerprint density at radius 2 is 2.06 bits per heavy atom. The first-order valence-corrected chi connectivity index (χ1v) is 6.18. The summed E-state index contributed by atoms with van der Waals surface area (Å²) in [6.07, 6.45) is 3.14. The first-order valence-electron chi connectivity index (χ1n) is 5.80. The van der Waals surface area contributed by atoms with Crippen molar-refractivity contribution in [2.75, 3.05) is 14.2 Å². The van der Waals surface area contributed by atoms with E-state index in [4.69, 9.17) is 21.1 Å². The summed E-state index contributed by atoms with van der Waals surface area (Å²) in [6, 6.07) is 1.76. The van der Waals surface area contributed by atoms with Crippen molar-refractivity contribution >= 4 is 11.6 Å². The Balaban J connectivity index is 2.64. The van der Waals surface area contributed by atoms with Crippen LogP contribution >= 0.6 is 11.6 Å². The molecule has 0 heterocycles. The van der Waals surface area contributed by atoms with E-state index in [0.29, 0.717) is 16.5 Å². The van der Waals surface area contributed by atoms with Crippen molar-refractivity contribution < 1.29 is 14.6 Å². The smallest absolute Gasteiger partial charge is 0.166 e. The zero-order valence-electron chi connectivity index (χ0n) is 10.1. The second kappa shape index (κ2) is 5.15. The van der Waals surface area contributed by atoms with Gasteiger partial charge in [0.2, 0.25) is 0 Å². The highest BCUT2D eigenvalue weighted by atomic mass is 35.5. The van der Waals surface area contributed by atoms with Crippen LogP contribution in [0.5, 0.6) is 11.5 Å². The van der Waals surface area contributed by atoms with Crippen molar-refractivity contribution in [2.45, 2.75) is 31.8 Å². The SMILES string of the molecule is COc1cc(Cl)c2c(c1OC)[C@@H](O)CCCC2. The molecule has 0 spiro atoms. The van der Waals surface area contributed by atoms with Gasteiger partial charge in [0.1, 0.15) is 0 Å². The van der Waals surface area contributed by atoms with E-state index < -0.39 is 6.10 Å². The van der Waals surface area contributed by atoms with Gasteiger partial charge in [-0.05, 0) is 24.8 Å². The summed E-state index contributed by atoms with van der Waals surface area (Å²) >= 11 is 6.25. The minimum atomic E-state index is -0.518. The molecule has 0 saturated carbocycles. The fraction of sp³-hybridized carbons (Fsp3) is 0.538. The monoisotopic (exact) mass is 256 g/mol. The standard InChI is InChI=1S/C13H17ClO3/c1-16-11-7-9(14)8-5-3-4-6-10(15)12(8)13(11)17-2/h7,10,15H,3-6H2,1-2H3/t10-/m0/s1. The van der Waals surface area contributed by atoms with E-state index in [1.54, 1.807) is 20.3 Å². The molecule has 1 aliphatic rings. The van der Waals surface area contributed by atoms with Gasteiger partial charge in [-0.3, -0.25) is 0 Å². The Labute approximate surface area is 106 Å². The minimum Gasteiger partial charge on any atom is -0.493 e. The first kappa shape index (κ1) is 12.5. The van der Waals surface area contributed by atoms with Gasteiger partial charge in [0, 0.05) is 16.7 Å². The Kier molecular flexibility index (Phi) is 3.79. The van der Waals surface area contributed by atoms with Crippen LogP contribution in [0.25, 0.3) is 0 Å². The maximum absolute atomic E-state index is 10.2. The molecule has 94 valence electrons. The molecule has 0 radical (unpaired) electrons. The molecule has 0 fully saturated rings. The van der Waals surface area contributed by atoms with Gasteiger partial charge < -0.3 is 14.6 Å². The second-order valence-electron chi connectivity index (χ2n) is 4.25. The number of hydrogen-bond donors (Lipinski definition) is 1. The topological polar surface area (TPSA) is 38.7 Å². The highest BCUT2D eigenvalue weighted by Crippen LogP contribution is 2.44. The van der Waals surface area contributed by atoms with Gasteiger partial charge in [-0.2, -0.15) is 0 Å². The van der Waals surface area contributed by atoms with Crippen LogP contribution in [0.3, 0.4) is 0 Å². The molecule has 17 heavy (non-hydrogen) atoms. The van der Waals surface area contributed by atoms with Crippen molar-refractivity contribution in [3.63, 3.8) is 0 Å². The molecule has 1 N–H and O–H groups in total. The molecule has 0 amide bonds. The van der Waals surface area contributed by atoms with Crippen molar-refractivity contribution in [2.24, 2.45) is 0 Å². The number of hydrogen-bond acceptors (Lipinski definition) is 3. The molecule has 0 bridgehead atoms. The summed E-state index contributed by atoms with van der Waals surface area (Å²) in [5, 5.41) is 10.9. The van der Waals surface area contributed by atoms with Crippen LogP contribution < -0.4 is 9.47 Å². The molecule has 3 nitrogen and oxygen atoms in total. The van der Waals surface area contributed by atoms with Crippen molar-refractivity contribution in [3.05, 3.63) is 22.2 Å². The third kappa shape index (κ3) is 2.22. The van der Waals surface area contributed by atoms with Crippen LogP contribution in [-0.4, -0.2) is 19.3 Å². The van der Waals surface area contributed by atoms with Crippen LogP contribution in [0.2, 0.25) is 5.02 Å². The highest BCUT2D eigenvalue weighted by molar-refractivity contribution is 6.31. The highest BCUT2D eigenvalue weighted by Gasteiger charge is 2.25. The molecule has 1 aliphatic carbocycles. The predicted molar refractivity (Wildman–Crippen MR) is 67.1 cm³/mol. The van der Waals surface area contributed by atoms with E-state index in [2.05, 4.69) is 0 Å². The summed E-state index contributed by atoms with van der Waals surface area (Å²) in [6.45, 7) is 0. The van der Waals surface area contributed by atoms with Crippen molar-refractivity contribution in [1.82, 2.24) is 0 Å². The maximum Gasteiger partial charge on any atom is 0.166 e. The molecule has 2 rings (SSSR count). The summed E-state index contributed by atoms with van der Waals surface area (Å²) in [4.78, 5) is 0. The first-order chi connectivity index (χ1) is 8.19. The average molecular weight is 257 g/mol. The van der Waals surface area contributed by atoms with Gasteiger partial charge in [0.15, 0.2) is 11.5 Å². The fourth-order valence-electron chi connectivity index (χ4n) is 2.42. The molecule has 0 saturated heterocycles. The number of fused-ring (bicyclic) bond motifs is 1. The molecule has 1 aromatic rings. The van der Waals surface area contributed by atoms with Crippen LogP contribution in [-0.2, 0) is 6.42 Å². The normalized spacial score (nSPS) is 19.4. The molecular weight excluding hydrogens is 240 g/mol. The Bertz CT molecular complexity index is 418. The predicted octanol–water partition coefficient (Wildman–Crippen LogP) is 3.12. The second-order valence-corrected chi connectivity index (χ2v) is 4.65. The van der Waals surface area contributed by atoms with E-state index in [9.17, 15) is 5.11 Å². The number of methoxy groups -OCH3 is 2. The van der Waals surface area contributed by atoms with Gasteiger partial charge in [-0.1, -0.05) is 18.0 Å². The number of halogens is 1. The Morgan fingerprint density at radius 3 is 2.71 bits per heavy atom. The summed E-state index contributed by atoms with van der Waals surface area (Å²) in [7, 11) is 3.16. The van der Waals surface area contributed by atoms with Crippen LogP contribution in [0, 0.1) is 0 Å². The Morgan fingerprint density at radius 1 is 1.29 bits per heavy atom. The zero-order chi connectivity index (χ0) is 12.4. The third-order valence-electron chi connectivity index (χ3n) is 3.25. The molecular formula is C13H17ClO3. The number of aliphatic hydroxyl groups excluding tert-OH is 1. The molecule has 1 atom stereocenters. The number of aliphatic hydroxyl groups is 1. The summed E-state index contributed by atoms with van der Waals surface area (Å²) < 4.78 is 10.6. The van der Waals surface area contributed by atoms with E-state index in [1.807, 2.05) is 0 Å². The van der Waals surface area contributed by atoms with Gasteiger partial charge in [0.05, 0.1) is 20.3 Å². The largest absolute Gasteiger partial charge is 0.493 e.